The molecule has 1 aliphatic rings. The van der Waals surface area contributed by atoms with Crippen LogP contribution in [0.4, 0.5) is 11.5 Å². The number of nitrogens with one attached hydrogen (secondary N) is 1. The maximum Gasteiger partial charge on any atom is 0.227 e. The molecule has 1 amide bonds. The second kappa shape index (κ2) is 8.16. The van der Waals surface area contributed by atoms with Gasteiger partial charge in [0.05, 0.1) is 0 Å². The number of benzene rings is 1. The number of hydrogen-bond donors (Lipinski definition) is 1. The molecule has 152 valence electrons. The highest BCUT2D eigenvalue weighted by molar-refractivity contribution is 6.35. The zero-order chi connectivity index (χ0) is 20.5. The minimum absolute atomic E-state index is 0.00713. The third-order valence-corrected chi connectivity index (χ3v) is 5.55. The fraction of sp³-hybridized carbons (Fsp3) is 0.400. The zero-order valence-electron chi connectivity index (χ0n) is 16.3. The van der Waals surface area contributed by atoms with Crippen LogP contribution in [-0.2, 0) is 4.79 Å². The van der Waals surface area contributed by atoms with E-state index in [1.165, 1.54) is 0 Å². The van der Waals surface area contributed by atoms with E-state index in [2.05, 4.69) is 34.3 Å². The maximum atomic E-state index is 12.6. The number of aromatic nitrogens is 4. The third-order valence-electron chi connectivity index (χ3n) is 5.11. The summed E-state index contributed by atoms with van der Waals surface area (Å²) in [5.41, 5.74) is 1.36. The lowest BCUT2D eigenvalue weighted by Crippen LogP contribution is -2.38. The predicted molar refractivity (Wildman–Crippen MR) is 115 cm³/mol. The Labute approximate surface area is 179 Å². The van der Waals surface area contributed by atoms with Gasteiger partial charge in [0.1, 0.15) is 5.82 Å². The molecule has 3 heterocycles. The van der Waals surface area contributed by atoms with Crippen LogP contribution >= 0.6 is 23.2 Å². The van der Waals surface area contributed by atoms with Crippen LogP contribution in [0.15, 0.2) is 30.3 Å². The van der Waals surface area contributed by atoms with Gasteiger partial charge in [0.25, 0.3) is 0 Å². The number of amides is 1. The molecule has 0 spiro atoms. The van der Waals surface area contributed by atoms with Gasteiger partial charge < -0.3 is 10.2 Å². The number of nitrogens with zero attached hydrogens (tertiary/aromatic N) is 5. The molecule has 1 saturated heterocycles. The first-order chi connectivity index (χ1) is 13.9. The molecule has 0 bridgehead atoms. The van der Waals surface area contributed by atoms with Crippen LogP contribution in [0, 0.1) is 5.92 Å². The summed E-state index contributed by atoms with van der Waals surface area (Å²) in [4.78, 5) is 14.8. The van der Waals surface area contributed by atoms with E-state index in [0.29, 0.717) is 15.7 Å². The van der Waals surface area contributed by atoms with Gasteiger partial charge in [-0.3, -0.25) is 4.79 Å². The van der Waals surface area contributed by atoms with E-state index >= 15 is 0 Å². The zero-order valence-corrected chi connectivity index (χ0v) is 17.8. The molecule has 1 aliphatic heterocycles. The van der Waals surface area contributed by atoms with Crippen molar-refractivity contribution in [2.75, 3.05) is 23.3 Å². The van der Waals surface area contributed by atoms with Crippen LogP contribution in [0.25, 0.3) is 5.65 Å². The lowest BCUT2D eigenvalue weighted by atomic mass is 9.96. The van der Waals surface area contributed by atoms with Gasteiger partial charge in [-0.25, -0.2) is 0 Å². The highest BCUT2D eigenvalue weighted by Gasteiger charge is 2.26. The smallest absolute Gasteiger partial charge is 0.227 e. The summed E-state index contributed by atoms with van der Waals surface area (Å²) in [6.45, 7) is 5.65. The van der Waals surface area contributed by atoms with E-state index in [-0.39, 0.29) is 17.7 Å². The van der Waals surface area contributed by atoms with Crippen molar-refractivity contribution in [2.24, 2.45) is 5.92 Å². The van der Waals surface area contributed by atoms with Gasteiger partial charge in [0, 0.05) is 40.7 Å². The first-order valence-electron chi connectivity index (χ1n) is 9.65. The summed E-state index contributed by atoms with van der Waals surface area (Å²) in [7, 11) is 0. The Morgan fingerprint density at radius 2 is 1.79 bits per heavy atom. The molecule has 0 saturated carbocycles. The first kappa shape index (κ1) is 19.9. The Morgan fingerprint density at radius 3 is 2.45 bits per heavy atom. The Balaban J connectivity index is 1.42. The number of piperidine rings is 1. The fourth-order valence-electron chi connectivity index (χ4n) is 3.57. The van der Waals surface area contributed by atoms with Crippen LogP contribution in [0.1, 0.15) is 38.4 Å². The maximum absolute atomic E-state index is 12.6. The SMILES string of the molecule is CC(C)c1nnc2ccc(N3CCC(C(=O)Nc4cc(Cl)cc(Cl)c4)CC3)nn12. The number of halogens is 2. The minimum Gasteiger partial charge on any atom is -0.355 e. The van der Waals surface area contributed by atoms with Gasteiger partial charge >= 0.3 is 0 Å². The van der Waals surface area contributed by atoms with Crippen molar-refractivity contribution in [3.8, 4) is 0 Å². The van der Waals surface area contributed by atoms with Crippen LogP contribution < -0.4 is 10.2 Å². The standard InChI is InChI=1S/C20H22Cl2N6O/c1-12(2)19-25-24-17-3-4-18(26-28(17)19)27-7-5-13(6-8-27)20(29)23-16-10-14(21)9-15(22)11-16/h3-4,9-13H,5-8H2,1-2H3,(H,23,29). The van der Waals surface area contributed by atoms with E-state index in [1.807, 2.05) is 16.6 Å². The fourth-order valence-corrected chi connectivity index (χ4v) is 4.09. The Kier molecular flexibility index (Phi) is 5.61. The second-order valence-electron chi connectivity index (χ2n) is 7.58. The van der Waals surface area contributed by atoms with E-state index in [4.69, 9.17) is 28.3 Å². The summed E-state index contributed by atoms with van der Waals surface area (Å²) in [6, 6.07) is 8.93. The molecule has 2 aromatic heterocycles. The normalized spacial score (nSPS) is 15.3. The molecule has 0 radical (unpaired) electrons. The van der Waals surface area contributed by atoms with Crippen molar-refractivity contribution in [2.45, 2.75) is 32.6 Å². The van der Waals surface area contributed by atoms with Crippen LogP contribution in [-0.4, -0.2) is 38.8 Å². The van der Waals surface area contributed by atoms with Crippen LogP contribution in [0.3, 0.4) is 0 Å². The second-order valence-corrected chi connectivity index (χ2v) is 8.46. The largest absolute Gasteiger partial charge is 0.355 e. The topological polar surface area (TPSA) is 75.4 Å². The van der Waals surface area contributed by atoms with Crippen molar-refractivity contribution in [1.82, 2.24) is 19.8 Å². The summed E-state index contributed by atoms with van der Waals surface area (Å²) >= 11 is 12.0. The molecule has 0 unspecified atom stereocenters. The number of carbonyl (C=O) groups is 1. The van der Waals surface area contributed by atoms with Crippen molar-refractivity contribution < 1.29 is 4.79 Å². The minimum atomic E-state index is -0.0612. The van der Waals surface area contributed by atoms with Crippen molar-refractivity contribution >= 4 is 46.3 Å². The Hall–Kier alpha value is -2.38. The van der Waals surface area contributed by atoms with Gasteiger partial charge in [0.2, 0.25) is 5.91 Å². The Bertz CT molecular complexity index is 1020. The van der Waals surface area contributed by atoms with Crippen molar-refractivity contribution in [3.63, 3.8) is 0 Å². The molecule has 29 heavy (non-hydrogen) atoms. The molecule has 1 aromatic carbocycles. The third kappa shape index (κ3) is 4.31. The summed E-state index contributed by atoms with van der Waals surface area (Å²) < 4.78 is 1.81. The van der Waals surface area contributed by atoms with Gasteiger partial charge in [-0.15, -0.1) is 15.3 Å². The van der Waals surface area contributed by atoms with Crippen molar-refractivity contribution in [3.05, 3.63) is 46.2 Å². The van der Waals surface area contributed by atoms with E-state index in [1.54, 1.807) is 18.2 Å². The van der Waals surface area contributed by atoms with Crippen LogP contribution in [0.5, 0.6) is 0 Å². The quantitative estimate of drug-likeness (QED) is 0.660. The van der Waals surface area contributed by atoms with E-state index in [9.17, 15) is 4.79 Å². The predicted octanol–water partition coefficient (Wildman–Crippen LogP) is 4.41. The van der Waals surface area contributed by atoms with Crippen molar-refractivity contribution in [1.29, 1.82) is 0 Å². The number of hydrogen-bond acceptors (Lipinski definition) is 5. The molecule has 7 nitrogen and oxygen atoms in total. The lowest BCUT2D eigenvalue weighted by Gasteiger charge is -2.32. The summed E-state index contributed by atoms with van der Waals surface area (Å²) in [5, 5.41) is 17.1. The molecular weight excluding hydrogens is 411 g/mol. The van der Waals surface area contributed by atoms with E-state index in [0.717, 1.165) is 43.2 Å². The molecule has 0 atom stereocenters. The molecular formula is C20H22Cl2N6O. The summed E-state index contributed by atoms with van der Waals surface area (Å²) in [5.74, 6) is 1.89. The number of carbonyl (C=O) groups excluding carboxylic acids is 1. The molecule has 1 fully saturated rings. The molecule has 3 aromatic rings. The molecule has 0 aliphatic carbocycles. The molecule has 4 rings (SSSR count). The van der Waals surface area contributed by atoms with Gasteiger partial charge in [0.15, 0.2) is 11.5 Å². The first-order valence-corrected chi connectivity index (χ1v) is 10.4. The highest BCUT2D eigenvalue weighted by atomic mass is 35.5. The lowest BCUT2D eigenvalue weighted by molar-refractivity contribution is -0.120. The van der Waals surface area contributed by atoms with Gasteiger partial charge in [-0.05, 0) is 43.2 Å². The average Bonchev–Trinajstić information content (AvgIpc) is 3.10. The highest BCUT2D eigenvalue weighted by Crippen LogP contribution is 2.26. The number of fused-ring (bicyclic) bond motifs is 1. The monoisotopic (exact) mass is 432 g/mol. The summed E-state index contributed by atoms with van der Waals surface area (Å²) in [6.07, 6.45) is 1.50. The number of rotatable bonds is 4. The van der Waals surface area contributed by atoms with Gasteiger partial charge in [-0.2, -0.15) is 4.52 Å². The van der Waals surface area contributed by atoms with Crippen LogP contribution in [0.2, 0.25) is 10.0 Å². The molecule has 9 heteroatoms. The molecule has 1 N–H and O–H groups in total. The number of anilines is 2. The van der Waals surface area contributed by atoms with Gasteiger partial charge in [-0.1, -0.05) is 37.0 Å². The average molecular weight is 433 g/mol. The Morgan fingerprint density at radius 1 is 1.10 bits per heavy atom. The van der Waals surface area contributed by atoms with E-state index < -0.39 is 0 Å².